The van der Waals surface area contributed by atoms with Crippen LogP contribution >= 0.6 is 0 Å². The molecule has 1 fully saturated rings. The molecule has 0 unspecified atom stereocenters. The number of fused-ring (bicyclic) bond motifs is 1. The van der Waals surface area contributed by atoms with Gasteiger partial charge in [0.1, 0.15) is 0 Å². The Kier molecular flexibility index (Phi) is 4.96. The molecule has 0 saturated carbocycles. The normalized spacial score (nSPS) is 19.1. The zero-order valence-electron chi connectivity index (χ0n) is 15.9. The molecule has 2 aliphatic heterocycles. The van der Waals surface area contributed by atoms with Crippen molar-refractivity contribution in [1.82, 2.24) is 15.1 Å². The topological polar surface area (TPSA) is 69.7 Å². The highest BCUT2D eigenvalue weighted by Gasteiger charge is 2.36. The van der Waals surface area contributed by atoms with Gasteiger partial charge in [0.05, 0.1) is 11.1 Å². The molecular weight excluding hydrogens is 354 g/mol. The van der Waals surface area contributed by atoms with Crippen LogP contribution in [0.4, 0.5) is 0 Å². The van der Waals surface area contributed by atoms with Gasteiger partial charge in [-0.3, -0.25) is 19.3 Å². The van der Waals surface area contributed by atoms with Crippen LogP contribution in [0, 0.1) is 0 Å². The van der Waals surface area contributed by atoms with Gasteiger partial charge in [-0.15, -0.1) is 0 Å². The number of hydrogen-bond donors (Lipinski definition) is 1. The summed E-state index contributed by atoms with van der Waals surface area (Å²) in [6.07, 6.45) is 0.608. The average molecular weight is 377 g/mol. The predicted octanol–water partition coefficient (Wildman–Crippen LogP) is 1.96. The number of carbonyl (C=O) groups excluding carboxylic acids is 3. The van der Waals surface area contributed by atoms with Crippen LogP contribution in [-0.2, 0) is 6.42 Å². The van der Waals surface area contributed by atoms with Crippen LogP contribution in [0.5, 0.6) is 0 Å². The molecule has 0 aliphatic carbocycles. The van der Waals surface area contributed by atoms with Crippen molar-refractivity contribution in [2.75, 3.05) is 26.2 Å². The quantitative estimate of drug-likeness (QED) is 0.827. The minimum atomic E-state index is -0.320. The zero-order chi connectivity index (χ0) is 19.7. The average Bonchev–Trinajstić information content (AvgIpc) is 2.96. The summed E-state index contributed by atoms with van der Waals surface area (Å²) in [6, 6.07) is 14.7. The number of carbonyl (C=O) groups is 3. The number of amides is 3. The van der Waals surface area contributed by atoms with Gasteiger partial charge in [-0.2, -0.15) is 0 Å². The molecule has 28 heavy (non-hydrogen) atoms. The van der Waals surface area contributed by atoms with Crippen molar-refractivity contribution < 1.29 is 14.4 Å². The molecule has 2 heterocycles. The van der Waals surface area contributed by atoms with Gasteiger partial charge in [-0.25, -0.2) is 0 Å². The second-order valence-electron chi connectivity index (χ2n) is 7.31. The number of benzene rings is 2. The number of piperazine rings is 1. The molecule has 1 atom stereocenters. The molecule has 0 radical (unpaired) electrons. The molecular formula is C22H23N3O3. The molecule has 4 rings (SSSR count). The molecule has 3 amide bonds. The largest absolute Gasteiger partial charge is 0.333 e. The van der Waals surface area contributed by atoms with Crippen molar-refractivity contribution in [3.05, 3.63) is 70.8 Å². The first kappa shape index (κ1) is 18.4. The van der Waals surface area contributed by atoms with Crippen molar-refractivity contribution in [1.29, 1.82) is 0 Å². The summed E-state index contributed by atoms with van der Waals surface area (Å²) in [4.78, 5) is 41.4. The van der Waals surface area contributed by atoms with Crippen molar-refractivity contribution >= 4 is 17.7 Å². The van der Waals surface area contributed by atoms with Gasteiger partial charge in [0.15, 0.2) is 0 Å². The van der Waals surface area contributed by atoms with E-state index in [1.165, 1.54) is 4.90 Å². The second-order valence-corrected chi connectivity index (χ2v) is 7.31. The molecule has 6 nitrogen and oxygen atoms in total. The van der Waals surface area contributed by atoms with Crippen LogP contribution in [0.1, 0.15) is 43.6 Å². The van der Waals surface area contributed by atoms with Gasteiger partial charge < -0.3 is 10.2 Å². The van der Waals surface area contributed by atoms with E-state index in [1.54, 1.807) is 18.2 Å². The maximum absolute atomic E-state index is 12.9. The van der Waals surface area contributed by atoms with Gasteiger partial charge >= 0.3 is 0 Å². The number of imide groups is 1. The van der Waals surface area contributed by atoms with Crippen LogP contribution in [-0.4, -0.2) is 59.7 Å². The zero-order valence-corrected chi connectivity index (χ0v) is 15.9. The highest BCUT2D eigenvalue weighted by Crippen LogP contribution is 2.25. The lowest BCUT2D eigenvalue weighted by molar-refractivity contribution is 0.0648. The Morgan fingerprint density at radius 2 is 1.82 bits per heavy atom. The molecule has 1 N–H and O–H groups in total. The lowest BCUT2D eigenvalue weighted by Crippen LogP contribution is -2.52. The third-order valence-corrected chi connectivity index (χ3v) is 5.45. The third-order valence-electron chi connectivity index (χ3n) is 5.45. The van der Waals surface area contributed by atoms with Crippen molar-refractivity contribution in [2.24, 2.45) is 0 Å². The number of nitrogens with zero attached hydrogens (tertiary/aromatic N) is 2. The van der Waals surface area contributed by atoms with Gasteiger partial charge in [0.25, 0.3) is 17.7 Å². The van der Waals surface area contributed by atoms with E-state index in [2.05, 4.69) is 5.32 Å². The number of rotatable bonds is 4. The first-order chi connectivity index (χ1) is 13.6. The van der Waals surface area contributed by atoms with E-state index in [9.17, 15) is 14.4 Å². The fourth-order valence-electron chi connectivity index (χ4n) is 3.82. The molecule has 6 heteroatoms. The third kappa shape index (κ3) is 3.31. The Bertz CT molecular complexity index is 926. The Balaban J connectivity index is 1.53. The SMILES string of the molecule is C[C@H]1CNCCN1C(=O)c1ccc2c(c1)C(=O)N(CCc1ccccc1)C2=O. The minimum absolute atomic E-state index is 0.0919. The van der Waals surface area contributed by atoms with Crippen molar-refractivity contribution in [2.45, 2.75) is 19.4 Å². The lowest BCUT2D eigenvalue weighted by Gasteiger charge is -2.34. The fraction of sp³-hybridized carbons (Fsp3) is 0.318. The summed E-state index contributed by atoms with van der Waals surface area (Å²) in [7, 11) is 0. The van der Waals surface area contributed by atoms with Gasteiger partial charge in [-0.1, -0.05) is 30.3 Å². The minimum Gasteiger partial charge on any atom is -0.333 e. The molecule has 0 aromatic heterocycles. The van der Waals surface area contributed by atoms with E-state index in [0.717, 1.165) is 18.7 Å². The summed E-state index contributed by atoms with van der Waals surface area (Å²) >= 11 is 0. The second kappa shape index (κ2) is 7.56. The molecule has 144 valence electrons. The summed E-state index contributed by atoms with van der Waals surface area (Å²) in [5.74, 6) is -0.704. The summed E-state index contributed by atoms with van der Waals surface area (Å²) < 4.78 is 0. The molecule has 0 bridgehead atoms. The van der Waals surface area contributed by atoms with E-state index in [1.807, 2.05) is 42.2 Å². The van der Waals surface area contributed by atoms with Gasteiger partial charge in [0.2, 0.25) is 0 Å². The molecule has 2 aliphatic rings. The van der Waals surface area contributed by atoms with Gasteiger partial charge in [0, 0.05) is 37.8 Å². The van der Waals surface area contributed by atoms with Gasteiger partial charge in [-0.05, 0) is 37.1 Å². The Morgan fingerprint density at radius 1 is 1.07 bits per heavy atom. The predicted molar refractivity (Wildman–Crippen MR) is 105 cm³/mol. The standard InChI is InChI=1S/C22H23N3O3/c1-15-14-23-10-12-24(15)20(26)17-7-8-18-19(13-17)22(28)25(21(18)27)11-9-16-5-3-2-4-6-16/h2-8,13,15,23H,9-12,14H2,1H3/t15-/m0/s1. The molecule has 2 aromatic carbocycles. The highest BCUT2D eigenvalue weighted by molar-refractivity contribution is 6.22. The van der Waals surface area contributed by atoms with E-state index in [4.69, 9.17) is 0 Å². The van der Waals surface area contributed by atoms with E-state index in [-0.39, 0.29) is 23.8 Å². The van der Waals surface area contributed by atoms with Crippen LogP contribution in [0.15, 0.2) is 48.5 Å². The molecule has 1 saturated heterocycles. The maximum atomic E-state index is 12.9. The lowest BCUT2D eigenvalue weighted by atomic mass is 10.0. The first-order valence-corrected chi connectivity index (χ1v) is 9.62. The fourth-order valence-corrected chi connectivity index (χ4v) is 3.82. The number of nitrogens with one attached hydrogen (secondary N) is 1. The first-order valence-electron chi connectivity index (χ1n) is 9.62. The van der Waals surface area contributed by atoms with E-state index >= 15 is 0 Å². The van der Waals surface area contributed by atoms with Crippen molar-refractivity contribution in [3.63, 3.8) is 0 Å². The Hall–Kier alpha value is -2.99. The monoisotopic (exact) mass is 377 g/mol. The molecule has 2 aromatic rings. The smallest absolute Gasteiger partial charge is 0.261 e. The summed E-state index contributed by atoms with van der Waals surface area (Å²) in [6.45, 7) is 4.46. The summed E-state index contributed by atoms with van der Waals surface area (Å²) in [5.41, 5.74) is 2.23. The summed E-state index contributed by atoms with van der Waals surface area (Å²) in [5, 5.41) is 3.26. The highest BCUT2D eigenvalue weighted by atomic mass is 16.2. The Labute approximate surface area is 164 Å². The van der Waals surface area contributed by atoms with Crippen molar-refractivity contribution in [3.8, 4) is 0 Å². The van der Waals surface area contributed by atoms with E-state index < -0.39 is 0 Å². The van der Waals surface area contributed by atoms with Crippen LogP contribution < -0.4 is 5.32 Å². The van der Waals surface area contributed by atoms with Crippen LogP contribution in [0.2, 0.25) is 0 Å². The maximum Gasteiger partial charge on any atom is 0.261 e. The van der Waals surface area contributed by atoms with E-state index in [0.29, 0.717) is 36.2 Å². The van der Waals surface area contributed by atoms with Crippen LogP contribution in [0.25, 0.3) is 0 Å². The Morgan fingerprint density at radius 3 is 2.57 bits per heavy atom. The number of hydrogen-bond acceptors (Lipinski definition) is 4. The van der Waals surface area contributed by atoms with Crippen LogP contribution in [0.3, 0.4) is 0 Å². The molecule has 0 spiro atoms.